The molecule has 0 fully saturated rings. The first kappa shape index (κ1) is 10.9. The lowest BCUT2D eigenvalue weighted by Crippen LogP contribution is -1.99. The van der Waals surface area contributed by atoms with Crippen molar-refractivity contribution in [2.24, 2.45) is 0 Å². The van der Waals surface area contributed by atoms with Crippen LogP contribution in [0.15, 0.2) is 24.3 Å². The highest BCUT2D eigenvalue weighted by Crippen LogP contribution is 2.23. The molecule has 1 aromatic carbocycles. The number of nitrogens with one attached hydrogen (secondary N) is 2. The van der Waals surface area contributed by atoms with E-state index in [9.17, 15) is 4.79 Å². The van der Waals surface area contributed by atoms with Crippen molar-refractivity contribution in [3.05, 3.63) is 39.8 Å². The number of hydrogen-bond acceptors (Lipinski definition) is 2. The molecule has 3 N–H and O–H groups in total. The Kier molecular flexibility index (Phi) is 2.80. The van der Waals surface area contributed by atoms with Gasteiger partial charge in [-0.15, -0.1) is 0 Å². The quantitative estimate of drug-likeness (QED) is 0.722. The molecule has 1 heterocycles. The second kappa shape index (κ2) is 4.11. The lowest BCUT2D eigenvalue weighted by atomic mass is 10.1. The van der Waals surface area contributed by atoms with Gasteiger partial charge >= 0.3 is 5.97 Å². The van der Waals surface area contributed by atoms with Crippen molar-refractivity contribution in [1.29, 1.82) is 0 Å². The van der Waals surface area contributed by atoms with Gasteiger partial charge in [-0.25, -0.2) is 4.79 Å². The fourth-order valence-electron chi connectivity index (χ4n) is 1.40. The van der Waals surface area contributed by atoms with E-state index in [-0.39, 0.29) is 10.5 Å². The molecule has 82 valence electrons. The fraction of sp³-hybridized carbons (Fsp3) is 0. The second-order valence-electron chi connectivity index (χ2n) is 3.14. The van der Waals surface area contributed by atoms with Crippen molar-refractivity contribution in [2.45, 2.75) is 0 Å². The van der Waals surface area contributed by atoms with E-state index in [4.69, 9.17) is 28.9 Å². The number of H-pyrrole nitrogens is 2. The van der Waals surface area contributed by atoms with Crippen molar-refractivity contribution >= 4 is 29.8 Å². The van der Waals surface area contributed by atoms with Gasteiger partial charge in [0, 0.05) is 10.6 Å². The van der Waals surface area contributed by atoms with Crippen LogP contribution in [0.1, 0.15) is 10.5 Å². The first-order valence-electron chi connectivity index (χ1n) is 4.39. The topological polar surface area (TPSA) is 68.9 Å². The molecule has 0 amide bonds. The molecule has 0 bridgehead atoms. The van der Waals surface area contributed by atoms with Crippen molar-refractivity contribution in [3.8, 4) is 11.3 Å². The van der Waals surface area contributed by atoms with Gasteiger partial charge in [0.15, 0.2) is 10.5 Å². The summed E-state index contributed by atoms with van der Waals surface area (Å²) in [7, 11) is 0. The Morgan fingerprint density at radius 1 is 1.38 bits per heavy atom. The number of halogens is 1. The molecule has 0 atom stereocenters. The number of carbonyl (C=O) groups is 1. The van der Waals surface area contributed by atoms with Gasteiger partial charge in [-0.2, -0.15) is 0 Å². The summed E-state index contributed by atoms with van der Waals surface area (Å²) >= 11 is 10.7. The van der Waals surface area contributed by atoms with Crippen LogP contribution in [0.3, 0.4) is 0 Å². The van der Waals surface area contributed by atoms with Crippen LogP contribution in [0.4, 0.5) is 0 Å². The molecule has 6 heteroatoms. The molecular weight excluding hydrogens is 248 g/mol. The van der Waals surface area contributed by atoms with E-state index in [1.165, 1.54) is 0 Å². The smallest absolute Gasteiger partial charge is 0.354 e. The number of aromatic carboxylic acids is 1. The number of hydrogen-bond donors (Lipinski definition) is 3. The minimum absolute atomic E-state index is 0.0345. The predicted octanol–water partition coefficient (Wildman–Crippen LogP) is 3.09. The molecule has 2 aromatic rings. The summed E-state index contributed by atoms with van der Waals surface area (Å²) < 4.78 is 0.271. The van der Waals surface area contributed by atoms with Crippen LogP contribution in [0.25, 0.3) is 11.3 Å². The normalized spacial score (nSPS) is 10.3. The van der Waals surface area contributed by atoms with Gasteiger partial charge in [-0.05, 0) is 24.4 Å². The zero-order chi connectivity index (χ0) is 11.7. The number of carboxylic acid groups (broad SMARTS) is 1. The molecule has 0 aliphatic carbocycles. The van der Waals surface area contributed by atoms with Crippen molar-refractivity contribution in [1.82, 2.24) is 9.97 Å². The van der Waals surface area contributed by atoms with Crippen molar-refractivity contribution < 1.29 is 9.90 Å². The molecule has 0 saturated carbocycles. The standard InChI is InChI=1S/C10H7ClN2O2S/c11-6-3-1-2-5(4-6)7-8(9(14)15)13-10(16)12-7/h1-4H,(H,14,15)(H2,12,13,16). The molecule has 0 saturated heterocycles. The van der Waals surface area contributed by atoms with Crippen LogP contribution >= 0.6 is 23.8 Å². The third-order valence-corrected chi connectivity index (χ3v) is 2.49. The van der Waals surface area contributed by atoms with Gasteiger partial charge in [-0.1, -0.05) is 23.7 Å². The maximum absolute atomic E-state index is 11.0. The van der Waals surface area contributed by atoms with Crippen LogP contribution in [-0.4, -0.2) is 21.0 Å². The fourth-order valence-corrected chi connectivity index (χ4v) is 1.80. The van der Waals surface area contributed by atoms with Gasteiger partial charge < -0.3 is 15.1 Å². The summed E-state index contributed by atoms with van der Waals surface area (Å²) in [4.78, 5) is 16.3. The number of carboxylic acids is 1. The minimum atomic E-state index is -1.07. The van der Waals surface area contributed by atoms with E-state index in [1.54, 1.807) is 24.3 Å². The Labute approximate surface area is 101 Å². The number of aromatic nitrogens is 2. The first-order valence-corrected chi connectivity index (χ1v) is 5.18. The zero-order valence-electron chi connectivity index (χ0n) is 7.95. The van der Waals surface area contributed by atoms with E-state index < -0.39 is 5.97 Å². The lowest BCUT2D eigenvalue weighted by molar-refractivity contribution is 0.0692. The average Bonchev–Trinajstić information content (AvgIpc) is 2.60. The molecule has 4 nitrogen and oxygen atoms in total. The van der Waals surface area contributed by atoms with E-state index in [2.05, 4.69) is 9.97 Å². The predicted molar refractivity (Wildman–Crippen MR) is 63.4 cm³/mol. The SMILES string of the molecule is O=C(O)c1[nH]c(=S)[nH]c1-c1cccc(Cl)c1. The summed E-state index contributed by atoms with van der Waals surface area (Å²) in [6, 6.07) is 6.88. The summed E-state index contributed by atoms with van der Waals surface area (Å²) in [6.07, 6.45) is 0. The molecule has 0 aliphatic heterocycles. The Balaban J connectivity index is 2.64. The molecule has 16 heavy (non-hydrogen) atoms. The maximum atomic E-state index is 11.0. The van der Waals surface area contributed by atoms with Gasteiger partial charge in [0.1, 0.15) is 0 Å². The zero-order valence-corrected chi connectivity index (χ0v) is 9.52. The van der Waals surface area contributed by atoms with Gasteiger partial charge in [0.2, 0.25) is 0 Å². The van der Waals surface area contributed by atoms with Crippen LogP contribution in [-0.2, 0) is 0 Å². The van der Waals surface area contributed by atoms with Gasteiger partial charge in [-0.3, -0.25) is 0 Å². The number of imidazole rings is 1. The van der Waals surface area contributed by atoms with Crippen molar-refractivity contribution in [3.63, 3.8) is 0 Å². The molecular formula is C10H7ClN2O2S. The molecule has 0 aliphatic rings. The van der Waals surface area contributed by atoms with Crippen LogP contribution < -0.4 is 0 Å². The number of aromatic amines is 2. The largest absolute Gasteiger partial charge is 0.477 e. The average molecular weight is 255 g/mol. The van der Waals surface area contributed by atoms with E-state index >= 15 is 0 Å². The molecule has 2 rings (SSSR count). The van der Waals surface area contributed by atoms with Crippen molar-refractivity contribution in [2.75, 3.05) is 0 Å². The highest BCUT2D eigenvalue weighted by atomic mass is 35.5. The monoisotopic (exact) mass is 254 g/mol. The molecule has 0 unspecified atom stereocenters. The molecule has 0 spiro atoms. The molecule has 1 aromatic heterocycles. The Morgan fingerprint density at radius 2 is 2.12 bits per heavy atom. The summed E-state index contributed by atoms with van der Waals surface area (Å²) in [5, 5.41) is 9.52. The molecule has 0 radical (unpaired) electrons. The number of benzene rings is 1. The minimum Gasteiger partial charge on any atom is -0.477 e. The summed E-state index contributed by atoms with van der Waals surface area (Å²) in [5.74, 6) is -1.07. The Bertz CT molecular complexity index is 603. The van der Waals surface area contributed by atoms with E-state index in [0.29, 0.717) is 16.3 Å². The van der Waals surface area contributed by atoms with Crippen LogP contribution in [0.5, 0.6) is 0 Å². The van der Waals surface area contributed by atoms with Crippen LogP contribution in [0, 0.1) is 4.77 Å². The first-order chi connectivity index (χ1) is 7.58. The second-order valence-corrected chi connectivity index (χ2v) is 3.99. The third-order valence-electron chi connectivity index (χ3n) is 2.05. The van der Waals surface area contributed by atoms with Crippen LogP contribution in [0.2, 0.25) is 5.02 Å². The third kappa shape index (κ3) is 2.00. The lowest BCUT2D eigenvalue weighted by Gasteiger charge is -2.00. The maximum Gasteiger partial charge on any atom is 0.354 e. The van der Waals surface area contributed by atoms with E-state index in [0.717, 1.165) is 0 Å². The summed E-state index contributed by atoms with van der Waals surface area (Å²) in [6.45, 7) is 0. The highest BCUT2D eigenvalue weighted by Gasteiger charge is 2.14. The summed E-state index contributed by atoms with van der Waals surface area (Å²) in [5.41, 5.74) is 1.14. The van der Waals surface area contributed by atoms with E-state index in [1.807, 2.05) is 0 Å². The van der Waals surface area contributed by atoms with Gasteiger partial charge in [0.05, 0.1) is 5.69 Å². The Morgan fingerprint density at radius 3 is 2.75 bits per heavy atom. The Hall–Kier alpha value is -1.59. The number of rotatable bonds is 2. The van der Waals surface area contributed by atoms with Gasteiger partial charge in [0.25, 0.3) is 0 Å². The highest BCUT2D eigenvalue weighted by molar-refractivity contribution is 7.71.